The van der Waals surface area contributed by atoms with Gasteiger partial charge in [0.1, 0.15) is 0 Å². The molecule has 7 aromatic carbocycles. The first-order valence-electron chi connectivity index (χ1n) is 20.7. The smallest absolute Gasteiger partial charge is 0.0580 e. The Hall–Kier alpha value is -6.84. The van der Waals surface area contributed by atoms with Crippen molar-refractivity contribution in [3.63, 3.8) is 0 Å². The van der Waals surface area contributed by atoms with E-state index in [9.17, 15) is 0 Å². The van der Waals surface area contributed by atoms with Crippen LogP contribution in [0.15, 0.2) is 199 Å². The summed E-state index contributed by atoms with van der Waals surface area (Å²) in [4.78, 5) is 4.87. The number of nitrogens with zero attached hydrogens (tertiary/aromatic N) is 3. The SMILES string of the molecule is CC1(C)C2=C(CCC=C2)n2c3ccc(-c4ccc(N(C5=CC=CCC5)c5ccccc5)cc4)cc3c3cc(N(c4ccccc4)c4cccc5ccccc45)cc1c32. The lowest BCUT2D eigenvalue weighted by Crippen LogP contribution is -2.28. The first kappa shape index (κ1) is 34.4. The van der Waals surface area contributed by atoms with Gasteiger partial charge in [-0.1, -0.05) is 129 Å². The van der Waals surface area contributed by atoms with E-state index < -0.39 is 0 Å². The van der Waals surface area contributed by atoms with Crippen LogP contribution < -0.4 is 9.80 Å². The van der Waals surface area contributed by atoms with Gasteiger partial charge in [-0.05, 0) is 126 Å². The molecule has 0 saturated carbocycles. The highest BCUT2D eigenvalue weighted by Gasteiger charge is 2.37. The average molecular weight is 748 g/mol. The molecule has 0 saturated heterocycles. The first-order valence-corrected chi connectivity index (χ1v) is 20.7. The third kappa shape index (κ3) is 5.49. The van der Waals surface area contributed by atoms with Crippen molar-refractivity contribution in [2.45, 2.75) is 44.9 Å². The number of fused-ring (bicyclic) bond motifs is 5. The maximum absolute atomic E-state index is 2.61. The van der Waals surface area contributed by atoms with Crippen LogP contribution >= 0.6 is 0 Å². The number of benzene rings is 7. The van der Waals surface area contributed by atoms with Crippen molar-refractivity contribution in [3.8, 4) is 11.1 Å². The van der Waals surface area contributed by atoms with Crippen LogP contribution in [0.4, 0.5) is 28.4 Å². The Morgan fingerprint density at radius 1 is 0.534 bits per heavy atom. The molecule has 1 aromatic heterocycles. The van der Waals surface area contributed by atoms with Crippen molar-refractivity contribution in [1.29, 1.82) is 0 Å². The van der Waals surface area contributed by atoms with E-state index >= 15 is 0 Å². The Kier molecular flexibility index (Phi) is 8.11. The molecule has 0 amide bonds. The predicted octanol–water partition coefficient (Wildman–Crippen LogP) is 15.3. The van der Waals surface area contributed by atoms with E-state index in [-0.39, 0.29) is 5.41 Å². The van der Waals surface area contributed by atoms with E-state index in [1.54, 1.807) is 0 Å². The van der Waals surface area contributed by atoms with Crippen LogP contribution in [0.3, 0.4) is 0 Å². The molecule has 11 rings (SSSR count). The van der Waals surface area contributed by atoms with Gasteiger partial charge in [0.05, 0.1) is 16.7 Å². The maximum Gasteiger partial charge on any atom is 0.0580 e. The number of hydrogen-bond donors (Lipinski definition) is 0. The summed E-state index contributed by atoms with van der Waals surface area (Å²) in [5.41, 5.74) is 16.3. The number of anilines is 5. The van der Waals surface area contributed by atoms with Crippen molar-refractivity contribution in [3.05, 3.63) is 205 Å². The Bertz CT molecular complexity index is 3010. The summed E-state index contributed by atoms with van der Waals surface area (Å²) in [6.07, 6.45) is 15.6. The van der Waals surface area contributed by atoms with E-state index in [0.717, 1.165) is 31.4 Å². The van der Waals surface area contributed by atoms with E-state index in [0.29, 0.717) is 0 Å². The quantitative estimate of drug-likeness (QED) is 0.161. The molecule has 0 atom stereocenters. The van der Waals surface area contributed by atoms with Crippen molar-refractivity contribution in [2.24, 2.45) is 0 Å². The number of rotatable bonds is 7. The minimum Gasteiger partial charge on any atom is -0.314 e. The third-order valence-corrected chi connectivity index (χ3v) is 12.6. The summed E-state index contributed by atoms with van der Waals surface area (Å²) in [6, 6.07) is 58.3. The lowest BCUT2D eigenvalue weighted by molar-refractivity contribution is 0.624. The number of para-hydroxylation sites is 2. The average Bonchev–Trinajstić information content (AvgIpc) is 3.61. The number of allylic oxidation sites excluding steroid dienone is 8. The van der Waals surface area contributed by atoms with Crippen molar-refractivity contribution < 1.29 is 0 Å². The van der Waals surface area contributed by atoms with Gasteiger partial charge < -0.3 is 14.4 Å². The molecule has 2 heterocycles. The van der Waals surface area contributed by atoms with Gasteiger partial charge in [-0.3, -0.25) is 0 Å². The third-order valence-electron chi connectivity index (χ3n) is 12.6. The topological polar surface area (TPSA) is 11.4 Å². The molecule has 0 bridgehead atoms. The van der Waals surface area contributed by atoms with E-state index in [4.69, 9.17) is 0 Å². The number of aromatic nitrogens is 1. The summed E-state index contributed by atoms with van der Waals surface area (Å²) < 4.78 is 2.61. The normalized spacial score (nSPS) is 15.5. The van der Waals surface area contributed by atoms with Gasteiger partial charge in [-0.25, -0.2) is 0 Å². The van der Waals surface area contributed by atoms with Gasteiger partial charge in [0.25, 0.3) is 0 Å². The lowest BCUT2D eigenvalue weighted by atomic mass is 9.72. The van der Waals surface area contributed by atoms with Crippen LogP contribution in [-0.4, -0.2) is 4.57 Å². The fourth-order valence-electron chi connectivity index (χ4n) is 9.84. The van der Waals surface area contributed by atoms with Crippen LogP contribution in [-0.2, 0) is 5.41 Å². The zero-order valence-electron chi connectivity index (χ0n) is 33.1. The Labute approximate surface area is 340 Å². The molecule has 3 heteroatoms. The second-order valence-corrected chi connectivity index (χ2v) is 16.4. The molecular weight excluding hydrogens is 703 g/mol. The van der Waals surface area contributed by atoms with Crippen LogP contribution in [0, 0.1) is 0 Å². The van der Waals surface area contributed by atoms with Gasteiger partial charge in [0.2, 0.25) is 0 Å². The highest BCUT2D eigenvalue weighted by Crippen LogP contribution is 2.52. The summed E-state index contributed by atoms with van der Waals surface area (Å²) in [5.74, 6) is 0. The highest BCUT2D eigenvalue weighted by molar-refractivity contribution is 6.15. The summed E-state index contributed by atoms with van der Waals surface area (Å²) in [5, 5.41) is 5.05. The number of hydrogen-bond acceptors (Lipinski definition) is 2. The predicted molar refractivity (Wildman–Crippen MR) is 247 cm³/mol. The van der Waals surface area contributed by atoms with Crippen LogP contribution in [0.5, 0.6) is 0 Å². The van der Waals surface area contributed by atoms with E-state index in [1.165, 1.54) is 89.0 Å². The highest BCUT2D eigenvalue weighted by atomic mass is 15.2. The Morgan fingerprint density at radius 3 is 2.00 bits per heavy atom. The largest absolute Gasteiger partial charge is 0.314 e. The lowest BCUT2D eigenvalue weighted by Gasteiger charge is -2.38. The molecule has 1 aliphatic heterocycles. The van der Waals surface area contributed by atoms with Crippen LogP contribution in [0.2, 0.25) is 0 Å². The maximum atomic E-state index is 2.61. The van der Waals surface area contributed by atoms with Crippen molar-refractivity contribution >= 4 is 66.7 Å². The van der Waals surface area contributed by atoms with Gasteiger partial charge >= 0.3 is 0 Å². The molecule has 58 heavy (non-hydrogen) atoms. The van der Waals surface area contributed by atoms with Gasteiger partial charge in [-0.2, -0.15) is 0 Å². The summed E-state index contributed by atoms with van der Waals surface area (Å²) >= 11 is 0. The zero-order chi connectivity index (χ0) is 38.8. The van der Waals surface area contributed by atoms with E-state index in [1.807, 2.05) is 0 Å². The minimum atomic E-state index is -0.182. The molecule has 3 nitrogen and oxygen atoms in total. The fraction of sp³-hybridized carbons (Fsp3) is 0.127. The van der Waals surface area contributed by atoms with Crippen LogP contribution in [0.1, 0.15) is 45.1 Å². The molecule has 0 radical (unpaired) electrons. The Morgan fingerprint density at radius 2 is 1.22 bits per heavy atom. The standard InChI is InChI=1S/C55H45N3/c1-55(2)49-26-14-15-27-53(49)58-52-34-31-40(38-29-32-44(33-30-38)56(41-19-6-3-7-20-41)42-21-8-4-9-22-42)35-47(52)48-36-45(37-50(55)54(48)58)57(43-23-10-5-11-24-43)51-28-16-18-39-17-12-13-25-46(39)51/h3-8,10-14,16-21,23-26,28-37H,9,15,22,27H2,1-2H3. The van der Waals surface area contributed by atoms with E-state index in [2.05, 4.69) is 216 Å². The molecule has 0 fully saturated rings. The molecule has 280 valence electrons. The second-order valence-electron chi connectivity index (χ2n) is 16.4. The molecule has 0 N–H and O–H groups in total. The van der Waals surface area contributed by atoms with Gasteiger partial charge in [0.15, 0.2) is 0 Å². The van der Waals surface area contributed by atoms with Gasteiger partial charge in [0, 0.05) is 55.7 Å². The summed E-state index contributed by atoms with van der Waals surface area (Å²) in [6.45, 7) is 4.85. The molecular formula is C55H45N3. The molecule has 2 aliphatic carbocycles. The molecule has 3 aliphatic rings. The first-order chi connectivity index (χ1) is 28.5. The Balaban J connectivity index is 1.12. The second kappa shape index (κ2) is 13.7. The van der Waals surface area contributed by atoms with Crippen molar-refractivity contribution in [2.75, 3.05) is 9.80 Å². The summed E-state index contributed by atoms with van der Waals surface area (Å²) in [7, 11) is 0. The van der Waals surface area contributed by atoms with Crippen molar-refractivity contribution in [1.82, 2.24) is 4.57 Å². The molecule has 0 spiro atoms. The minimum absolute atomic E-state index is 0.182. The van der Waals surface area contributed by atoms with Crippen LogP contribution in [0.25, 0.3) is 49.4 Å². The molecule has 0 unspecified atom stereocenters. The monoisotopic (exact) mass is 747 g/mol. The zero-order valence-corrected chi connectivity index (χ0v) is 33.1. The fourth-order valence-corrected chi connectivity index (χ4v) is 9.84. The van der Waals surface area contributed by atoms with Gasteiger partial charge in [-0.15, -0.1) is 0 Å². The molecule has 8 aromatic rings.